The molecule has 0 aliphatic carbocycles. The highest BCUT2D eigenvalue weighted by atomic mass is 16.5. The van der Waals surface area contributed by atoms with E-state index >= 15 is 0 Å². The molecule has 0 aliphatic rings. The first kappa shape index (κ1) is 21.2. The predicted octanol–water partition coefficient (Wildman–Crippen LogP) is 6.22. The number of unbranched alkanes of at least 4 members (excludes halogenated alkanes) is 2. The number of rotatable bonds is 10. The Balaban J connectivity index is 0. The molecule has 0 aromatic heterocycles. The zero-order valence-corrected chi connectivity index (χ0v) is 11.6. The van der Waals surface area contributed by atoms with Gasteiger partial charge in [-0.1, -0.05) is 77.4 Å². The molecule has 1 unspecified atom stereocenters. The minimum Gasteiger partial charge on any atom is -0.377 e. The van der Waals surface area contributed by atoms with Gasteiger partial charge in [-0.25, -0.2) is 0 Å². The van der Waals surface area contributed by atoms with Crippen LogP contribution in [-0.4, -0.2) is 13.2 Å². The quantitative estimate of drug-likeness (QED) is 0.365. The van der Waals surface area contributed by atoms with E-state index in [0.717, 1.165) is 13.0 Å². The summed E-state index contributed by atoms with van der Waals surface area (Å²) >= 11 is 0. The Kier molecular flexibility index (Phi) is 15.2. The fourth-order valence-corrected chi connectivity index (χ4v) is 2.24. The van der Waals surface area contributed by atoms with Crippen molar-refractivity contribution in [1.82, 2.24) is 0 Å². The summed E-state index contributed by atoms with van der Waals surface area (Å²) in [6, 6.07) is 10.8. The molecule has 0 spiro atoms. The first-order valence-electron chi connectivity index (χ1n) is 7.12. The molecule has 20 heavy (non-hydrogen) atoms. The highest BCUT2D eigenvalue weighted by Gasteiger charge is 2.10. The fourth-order valence-electron chi connectivity index (χ4n) is 2.24. The average molecular weight is 278 g/mol. The van der Waals surface area contributed by atoms with Crippen LogP contribution in [0.4, 0.5) is 0 Å². The molecule has 0 radical (unpaired) electrons. The third-order valence-electron chi connectivity index (χ3n) is 3.27. The summed E-state index contributed by atoms with van der Waals surface area (Å²) < 4.78 is 5.52. The summed E-state index contributed by atoms with van der Waals surface area (Å²) in [6.07, 6.45) is 8.13. The zero-order valence-electron chi connectivity index (χ0n) is 11.6. The average Bonchev–Trinajstić information content (AvgIpc) is 2.42. The molecule has 0 N–H and O–H groups in total. The van der Waals surface area contributed by atoms with Crippen molar-refractivity contribution in [1.29, 1.82) is 0 Å². The van der Waals surface area contributed by atoms with Gasteiger partial charge in [0.05, 0.1) is 6.61 Å². The maximum Gasteiger partial charge on any atom is 0.0644 e. The maximum absolute atomic E-state index is 5.52. The minimum absolute atomic E-state index is 0. The molecule has 0 heterocycles. The summed E-state index contributed by atoms with van der Waals surface area (Å²) in [4.78, 5) is 0. The summed E-state index contributed by atoms with van der Waals surface area (Å²) in [5.74, 6) is 0.641. The maximum atomic E-state index is 5.52. The van der Waals surface area contributed by atoms with E-state index in [0.29, 0.717) is 12.5 Å². The lowest BCUT2D eigenvalue weighted by molar-refractivity contribution is 0.152. The zero-order chi connectivity index (χ0) is 13.1. The lowest BCUT2D eigenvalue weighted by Crippen LogP contribution is -2.04. The molecule has 0 saturated carbocycles. The van der Waals surface area contributed by atoms with Gasteiger partial charge in [0.15, 0.2) is 0 Å². The molecule has 1 atom stereocenters. The number of hydrogen-bond acceptors (Lipinski definition) is 1. The van der Waals surface area contributed by atoms with Crippen LogP contribution in [0.25, 0.3) is 0 Å². The molecule has 1 aromatic carbocycles. The smallest absolute Gasteiger partial charge is 0.0644 e. The molecule has 1 aromatic rings. The van der Waals surface area contributed by atoms with Crippen LogP contribution in [0.2, 0.25) is 0 Å². The molecule has 1 nitrogen and oxygen atoms in total. The van der Waals surface area contributed by atoms with E-state index in [1.165, 1.54) is 31.2 Å². The van der Waals surface area contributed by atoms with Crippen molar-refractivity contribution < 1.29 is 4.74 Å². The predicted molar refractivity (Wildman–Crippen MR) is 92.4 cm³/mol. The van der Waals surface area contributed by atoms with Crippen molar-refractivity contribution in [2.24, 2.45) is 0 Å². The molecular formula is C19H34O. The lowest BCUT2D eigenvalue weighted by atomic mass is 9.91. The number of hydrogen-bond donors (Lipinski definition) is 0. The summed E-state index contributed by atoms with van der Waals surface area (Å²) in [5, 5.41) is 0. The minimum atomic E-state index is 0. The van der Waals surface area contributed by atoms with E-state index in [1.807, 2.05) is 6.08 Å². The van der Waals surface area contributed by atoms with Crippen LogP contribution in [0.1, 0.15) is 65.4 Å². The first-order chi connectivity index (χ1) is 8.88. The van der Waals surface area contributed by atoms with Gasteiger partial charge in [-0.05, 0) is 24.3 Å². The SMILES string of the molecule is C.C.C=CCOCCC(CCCCC)c1ccccc1. The van der Waals surface area contributed by atoms with E-state index < -0.39 is 0 Å². The van der Waals surface area contributed by atoms with Gasteiger partial charge in [0.25, 0.3) is 0 Å². The van der Waals surface area contributed by atoms with Crippen LogP contribution >= 0.6 is 0 Å². The van der Waals surface area contributed by atoms with Crippen molar-refractivity contribution in [2.45, 2.75) is 59.8 Å². The van der Waals surface area contributed by atoms with E-state index in [2.05, 4.69) is 43.8 Å². The van der Waals surface area contributed by atoms with E-state index in [4.69, 9.17) is 4.74 Å². The largest absolute Gasteiger partial charge is 0.377 e. The summed E-state index contributed by atoms with van der Waals surface area (Å²) in [7, 11) is 0. The van der Waals surface area contributed by atoms with Crippen LogP contribution in [0.15, 0.2) is 43.0 Å². The van der Waals surface area contributed by atoms with E-state index in [1.54, 1.807) is 0 Å². The van der Waals surface area contributed by atoms with E-state index in [-0.39, 0.29) is 14.9 Å². The van der Waals surface area contributed by atoms with Crippen molar-refractivity contribution in [3.05, 3.63) is 48.6 Å². The Hall–Kier alpha value is -1.08. The first-order valence-corrected chi connectivity index (χ1v) is 7.12. The van der Waals surface area contributed by atoms with Crippen LogP contribution in [0.3, 0.4) is 0 Å². The van der Waals surface area contributed by atoms with Crippen molar-refractivity contribution in [3.8, 4) is 0 Å². The van der Waals surface area contributed by atoms with Crippen LogP contribution < -0.4 is 0 Å². The Morgan fingerprint density at radius 1 is 1.10 bits per heavy atom. The van der Waals surface area contributed by atoms with E-state index in [9.17, 15) is 0 Å². The van der Waals surface area contributed by atoms with Crippen molar-refractivity contribution >= 4 is 0 Å². The van der Waals surface area contributed by atoms with Gasteiger partial charge in [0.2, 0.25) is 0 Å². The number of ether oxygens (including phenoxy) is 1. The summed E-state index contributed by atoms with van der Waals surface area (Å²) in [5.41, 5.74) is 1.45. The second-order valence-corrected chi connectivity index (χ2v) is 4.76. The Labute approximate surface area is 127 Å². The van der Waals surface area contributed by atoms with Crippen molar-refractivity contribution in [2.75, 3.05) is 13.2 Å². The molecular weight excluding hydrogens is 244 g/mol. The molecule has 116 valence electrons. The van der Waals surface area contributed by atoms with Crippen molar-refractivity contribution in [3.63, 3.8) is 0 Å². The Bertz CT molecular complexity index is 305. The Morgan fingerprint density at radius 3 is 2.40 bits per heavy atom. The van der Waals surface area contributed by atoms with Crippen LogP contribution in [-0.2, 0) is 4.74 Å². The highest BCUT2D eigenvalue weighted by Crippen LogP contribution is 2.25. The van der Waals surface area contributed by atoms with Crippen LogP contribution in [0.5, 0.6) is 0 Å². The lowest BCUT2D eigenvalue weighted by Gasteiger charge is -2.17. The van der Waals surface area contributed by atoms with Crippen LogP contribution in [0, 0.1) is 0 Å². The topological polar surface area (TPSA) is 9.23 Å². The second kappa shape index (κ2) is 14.3. The third-order valence-corrected chi connectivity index (χ3v) is 3.27. The standard InChI is InChI=1S/C17H26O.2CH4/c1-3-5-7-10-17(13-15-18-14-4-2)16-11-8-6-9-12-16;;/h4,6,8-9,11-12,17H,2-3,5,7,10,13-15H2,1H3;2*1H4. The molecule has 0 bridgehead atoms. The summed E-state index contributed by atoms with van der Waals surface area (Å²) in [6.45, 7) is 7.42. The normalized spacial score (nSPS) is 11.1. The molecule has 1 rings (SSSR count). The van der Waals surface area contributed by atoms with Gasteiger partial charge >= 0.3 is 0 Å². The van der Waals surface area contributed by atoms with Gasteiger partial charge in [0.1, 0.15) is 0 Å². The van der Waals surface area contributed by atoms with Gasteiger partial charge < -0.3 is 4.74 Å². The molecule has 0 fully saturated rings. The molecule has 0 amide bonds. The number of benzene rings is 1. The molecule has 0 aliphatic heterocycles. The Morgan fingerprint density at radius 2 is 1.80 bits per heavy atom. The third kappa shape index (κ3) is 8.92. The highest BCUT2D eigenvalue weighted by molar-refractivity contribution is 5.19. The monoisotopic (exact) mass is 278 g/mol. The molecule has 1 heteroatoms. The van der Waals surface area contributed by atoms with Gasteiger partial charge in [-0.3, -0.25) is 0 Å². The van der Waals surface area contributed by atoms with Gasteiger partial charge in [-0.2, -0.15) is 0 Å². The molecule has 0 saturated heterocycles. The van der Waals surface area contributed by atoms with Gasteiger partial charge in [-0.15, -0.1) is 6.58 Å². The van der Waals surface area contributed by atoms with Gasteiger partial charge in [0, 0.05) is 6.61 Å². The fraction of sp³-hybridized carbons (Fsp3) is 0.579. The second-order valence-electron chi connectivity index (χ2n) is 4.76.